The van der Waals surface area contributed by atoms with Crippen LogP contribution in [0.1, 0.15) is 76.5 Å². The highest BCUT2D eigenvalue weighted by molar-refractivity contribution is 5.73. The van der Waals surface area contributed by atoms with Crippen molar-refractivity contribution in [2.45, 2.75) is 64.7 Å². The van der Waals surface area contributed by atoms with Gasteiger partial charge in [-0.1, -0.05) is 84.9 Å². The fourth-order valence-electron chi connectivity index (χ4n) is 5.13. The van der Waals surface area contributed by atoms with Crippen LogP contribution in [-0.4, -0.2) is 9.97 Å². The van der Waals surface area contributed by atoms with Gasteiger partial charge >= 0.3 is 0 Å². The van der Waals surface area contributed by atoms with E-state index in [1.165, 1.54) is 0 Å². The van der Waals surface area contributed by atoms with Gasteiger partial charge in [0, 0.05) is 27.5 Å². The number of hydrogen-bond donors (Lipinski definition) is 0. The average molecular weight is 483 g/mol. The van der Waals surface area contributed by atoms with Crippen molar-refractivity contribution >= 4 is 0 Å². The molecule has 0 amide bonds. The van der Waals surface area contributed by atoms with Gasteiger partial charge in [0.1, 0.15) is 11.6 Å². The SMILES string of the molecule is CC(C)(C)c1c(F)c2cc(c1F)-c1cccc(n1)C(C)(C)c1cccc(c1)C(C)(C)c1cccc-2n1. The maximum absolute atomic E-state index is 16.1. The number of pyridine rings is 2. The standard InChI is InChI=1S/C32H32F2N2/c1-30(2,3)27-28(33)21-18-22(29(27)34)24-14-10-16-26(36-24)32(6,7)20-12-8-11-19(17-20)31(4,5)25-15-9-13-23(21)35-25/h8-18H,1-7H3. The monoisotopic (exact) mass is 482 g/mol. The Bertz CT molecular complexity index is 1390. The molecule has 3 heterocycles. The van der Waals surface area contributed by atoms with Crippen LogP contribution in [0.2, 0.25) is 0 Å². The molecule has 0 radical (unpaired) electrons. The van der Waals surface area contributed by atoms with Gasteiger partial charge in [0.05, 0.1) is 22.8 Å². The van der Waals surface area contributed by atoms with Crippen molar-refractivity contribution in [3.8, 4) is 22.5 Å². The van der Waals surface area contributed by atoms with Gasteiger partial charge in [0.15, 0.2) is 0 Å². The van der Waals surface area contributed by atoms with Gasteiger partial charge in [-0.2, -0.15) is 0 Å². The lowest BCUT2D eigenvalue weighted by molar-refractivity contribution is 0.478. The third kappa shape index (κ3) is 3.75. The van der Waals surface area contributed by atoms with Gasteiger partial charge < -0.3 is 0 Å². The highest BCUT2D eigenvalue weighted by atomic mass is 19.1. The number of fused-ring (bicyclic) bond motifs is 10. The second-order valence-corrected chi connectivity index (χ2v) is 11.9. The maximum atomic E-state index is 16.1. The lowest BCUT2D eigenvalue weighted by atomic mass is 9.75. The van der Waals surface area contributed by atoms with Gasteiger partial charge in [0.2, 0.25) is 0 Å². The van der Waals surface area contributed by atoms with Gasteiger partial charge in [0.25, 0.3) is 0 Å². The van der Waals surface area contributed by atoms with Crippen molar-refractivity contribution < 1.29 is 8.78 Å². The van der Waals surface area contributed by atoms with Crippen LogP contribution in [0.25, 0.3) is 22.5 Å². The molecule has 8 bridgehead atoms. The van der Waals surface area contributed by atoms with E-state index in [4.69, 9.17) is 9.97 Å². The third-order valence-corrected chi connectivity index (χ3v) is 7.59. The van der Waals surface area contributed by atoms with Crippen molar-refractivity contribution in [3.05, 3.63) is 106 Å². The zero-order valence-corrected chi connectivity index (χ0v) is 22.0. The molecule has 1 aliphatic rings. The number of aromatic nitrogens is 2. The molecule has 0 unspecified atom stereocenters. The Hall–Kier alpha value is -3.40. The highest BCUT2D eigenvalue weighted by Crippen LogP contribution is 2.41. The molecule has 1 aliphatic heterocycles. The maximum Gasteiger partial charge on any atom is 0.139 e. The second kappa shape index (κ2) is 8.06. The molecule has 4 aromatic rings. The minimum absolute atomic E-state index is 0.0465. The normalized spacial score (nSPS) is 15.8. The minimum atomic E-state index is -0.754. The summed E-state index contributed by atoms with van der Waals surface area (Å²) in [6.07, 6.45) is 0. The minimum Gasteiger partial charge on any atom is -0.252 e. The van der Waals surface area contributed by atoms with Crippen LogP contribution in [0.5, 0.6) is 0 Å². The lowest BCUT2D eigenvalue weighted by Gasteiger charge is -2.30. The van der Waals surface area contributed by atoms with Gasteiger partial charge in [-0.3, -0.25) is 9.97 Å². The van der Waals surface area contributed by atoms with Crippen molar-refractivity contribution in [2.75, 3.05) is 0 Å². The summed E-state index contributed by atoms with van der Waals surface area (Å²) in [7, 11) is 0. The molecule has 4 heteroatoms. The Morgan fingerprint density at radius 2 is 1.03 bits per heavy atom. The van der Waals surface area contributed by atoms with E-state index in [9.17, 15) is 0 Å². The fourth-order valence-corrected chi connectivity index (χ4v) is 5.13. The molecule has 0 saturated heterocycles. The first kappa shape index (κ1) is 24.3. The molecule has 2 aromatic carbocycles. The van der Waals surface area contributed by atoms with E-state index in [0.717, 1.165) is 22.5 Å². The molecule has 0 saturated carbocycles. The van der Waals surface area contributed by atoms with E-state index < -0.39 is 27.9 Å². The van der Waals surface area contributed by atoms with Crippen molar-refractivity contribution in [3.63, 3.8) is 0 Å². The molecule has 184 valence electrons. The first-order chi connectivity index (χ1) is 16.8. The molecular weight excluding hydrogens is 450 g/mol. The van der Waals surface area contributed by atoms with Gasteiger partial charge in [-0.25, -0.2) is 8.78 Å². The zero-order chi connectivity index (χ0) is 26.0. The van der Waals surface area contributed by atoms with Crippen LogP contribution in [0, 0.1) is 11.6 Å². The van der Waals surface area contributed by atoms with E-state index in [1.807, 2.05) is 45.0 Å². The number of nitrogens with zero attached hydrogens (tertiary/aromatic N) is 2. The van der Waals surface area contributed by atoms with Crippen molar-refractivity contribution in [2.24, 2.45) is 0 Å². The molecule has 0 N–H and O–H groups in total. The smallest absolute Gasteiger partial charge is 0.139 e. The van der Waals surface area contributed by atoms with Crippen LogP contribution in [0.4, 0.5) is 8.78 Å². The summed E-state index contributed by atoms with van der Waals surface area (Å²) in [4.78, 5) is 9.88. The van der Waals surface area contributed by atoms with Crippen molar-refractivity contribution in [1.82, 2.24) is 9.97 Å². The Kier molecular flexibility index (Phi) is 5.44. The lowest BCUT2D eigenvalue weighted by Crippen LogP contribution is -2.25. The zero-order valence-electron chi connectivity index (χ0n) is 22.0. The summed E-state index contributed by atoms with van der Waals surface area (Å²) in [5.41, 5.74) is 3.82. The predicted octanol–water partition coefficient (Wildman–Crippen LogP) is 8.35. The number of halogens is 2. The summed E-state index contributed by atoms with van der Waals surface area (Å²) >= 11 is 0. The van der Waals surface area contributed by atoms with Crippen LogP contribution < -0.4 is 0 Å². The Balaban J connectivity index is 1.95. The largest absolute Gasteiger partial charge is 0.252 e. The van der Waals surface area contributed by atoms with E-state index in [2.05, 4.69) is 52.0 Å². The van der Waals surface area contributed by atoms with Crippen LogP contribution in [0.3, 0.4) is 0 Å². The fraction of sp³-hybridized carbons (Fsp3) is 0.312. The molecule has 2 nitrogen and oxygen atoms in total. The van der Waals surface area contributed by atoms with E-state index >= 15 is 8.78 Å². The summed E-state index contributed by atoms with van der Waals surface area (Å²) in [6.45, 7) is 14.0. The first-order valence-corrected chi connectivity index (χ1v) is 12.4. The first-order valence-electron chi connectivity index (χ1n) is 12.4. The Morgan fingerprint density at radius 1 is 0.611 bits per heavy atom. The molecule has 0 atom stereocenters. The summed E-state index contributed by atoms with van der Waals surface area (Å²) < 4.78 is 32.1. The van der Waals surface area contributed by atoms with E-state index in [0.29, 0.717) is 11.4 Å². The van der Waals surface area contributed by atoms with Crippen molar-refractivity contribution in [1.29, 1.82) is 0 Å². The van der Waals surface area contributed by atoms with Gasteiger partial charge in [-0.15, -0.1) is 0 Å². The number of benzene rings is 2. The third-order valence-electron chi connectivity index (χ3n) is 7.59. The molecule has 0 aliphatic carbocycles. The summed E-state index contributed by atoms with van der Waals surface area (Å²) in [5, 5.41) is 0. The molecule has 0 spiro atoms. The molecule has 5 rings (SSSR count). The van der Waals surface area contributed by atoms with E-state index in [1.54, 1.807) is 18.2 Å². The van der Waals surface area contributed by atoms with Crippen LogP contribution in [-0.2, 0) is 16.2 Å². The molecule has 2 aromatic heterocycles. The quantitative estimate of drug-likeness (QED) is 0.252. The average Bonchev–Trinajstić information content (AvgIpc) is 2.83. The summed E-state index contributed by atoms with van der Waals surface area (Å²) in [6, 6.07) is 21.4. The molecule has 0 fully saturated rings. The van der Waals surface area contributed by atoms with Gasteiger partial charge in [-0.05, 0) is 46.9 Å². The Labute approximate surface area is 212 Å². The topological polar surface area (TPSA) is 25.8 Å². The number of hydrogen-bond acceptors (Lipinski definition) is 2. The predicted molar refractivity (Wildman–Crippen MR) is 142 cm³/mol. The molecule has 36 heavy (non-hydrogen) atoms. The molecular formula is C32H32F2N2. The van der Waals surface area contributed by atoms with Crippen LogP contribution >= 0.6 is 0 Å². The van der Waals surface area contributed by atoms with Crippen LogP contribution in [0.15, 0.2) is 66.7 Å². The second-order valence-electron chi connectivity index (χ2n) is 11.9. The summed E-state index contributed by atoms with van der Waals surface area (Å²) in [5.74, 6) is -1.14. The highest BCUT2D eigenvalue weighted by Gasteiger charge is 2.33. The van der Waals surface area contributed by atoms with E-state index in [-0.39, 0.29) is 16.7 Å². The Morgan fingerprint density at radius 3 is 1.44 bits per heavy atom. The number of rotatable bonds is 0.